The molecule has 1 fully saturated rings. The van der Waals surface area contributed by atoms with E-state index in [1.165, 1.54) is 6.07 Å². The van der Waals surface area contributed by atoms with E-state index >= 15 is 0 Å². The van der Waals surface area contributed by atoms with Crippen LogP contribution >= 0.6 is 0 Å². The molecule has 2 N–H and O–H groups in total. The van der Waals surface area contributed by atoms with E-state index in [2.05, 4.69) is 10.6 Å². The summed E-state index contributed by atoms with van der Waals surface area (Å²) in [6.45, 7) is 3.90. The number of carbonyl (C=O) groups is 1. The Balaban J connectivity index is 1.76. The summed E-state index contributed by atoms with van der Waals surface area (Å²) in [5.41, 5.74) is 0. The topological polar surface area (TPSA) is 50.4 Å². The molecule has 0 saturated carbocycles. The van der Waals surface area contributed by atoms with Gasteiger partial charge < -0.3 is 15.4 Å². The lowest BCUT2D eigenvalue weighted by atomic mass is 9.99. The van der Waals surface area contributed by atoms with Gasteiger partial charge in [-0.15, -0.1) is 0 Å². The predicted octanol–water partition coefficient (Wildman–Crippen LogP) is 1.71. The molecule has 1 aromatic rings. The van der Waals surface area contributed by atoms with E-state index in [4.69, 9.17) is 4.74 Å². The molecule has 0 spiro atoms. The van der Waals surface area contributed by atoms with E-state index in [0.29, 0.717) is 6.54 Å². The van der Waals surface area contributed by atoms with Crippen LogP contribution in [0.3, 0.4) is 0 Å². The summed E-state index contributed by atoms with van der Waals surface area (Å²) in [7, 11) is 0. The normalized spacial score (nSPS) is 20.2. The molecule has 4 nitrogen and oxygen atoms in total. The van der Waals surface area contributed by atoms with Crippen molar-refractivity contribution in [1.82, 2.24) is 10.6 Å². The summed E-state index contributed by atoms with van der Waals surface area (Å²) in [5.74, 6) is -0.0960. The fraction of sp³-hybridized carbons (Fsp3) is 0.533. The van der Waals surface area contributed by atoms with Crippen molar-refractivity contribution in [2.75, 3.05) is 19.6 Å². The van der Waals surface area contributed by atoms with Crippen LogP contribution in [0.15, 0.2) is 24.3 Å². The average molecular weight is 280 g/mol. The lowest BCUT2D eigenvalue weighted by Gasteiger charge is -2.23. The third-order valence-electron chi connectivity index (χ3n) is 3.40. The standard InChI is InChI=1S/C15H21FN2O2/c1-11(20-14-7-3-2-6-13(14)16)9-18-15(19)12-5-4-8-17-10-12/h2-3,6-7,11-12,17H,4-5,8-10H2,1H3,(H,18,19). The van der Waals surface area contributed by atoms with Crippen molar-refractivity contribution in [3.05, 3.63) is 30.1 Å². The molecule has 110 valence electrons. The van der Waals surface area contributed by atoms with E-state index < -0.39 is 0 Å². The Morgan fingerprint density at radius 3 is 3.05 bits per heavy atom. The molecule has 0 radical (unpaired) electrons. The van der Waals surface area contributed by atoms with Crippen molar-refractivity contribution in [1.29, 1.82) is 0 Å². The van der Waals surface area contributed by atoms with E-state index in [1.807, 2.05) is 6.92 Å². The van der Waals surface area contributed by atoms with Crippen molar-refractivity contribution in [2.45, 2.75) is 25.9 Å². The van der Waals surface area contributed by atoms with Gasteiger partial charge in [0.1, 0.15) is 6.10 Å². The quantitative estimate of drug-likeness (QED) is 0.863. The highest BCUT2D eigenvalue weighted by Crippen LogP contribution is 2.17. The molecule has 1 aliphatic heterocycles. The number of para-hydroxylation sites is 1. The molecular formula is C15H21FN2O2. The molecule has 1 heterocycles. The Hall–Kier alpha value is -1.62. The number of nitrogens with one attached hydrogen (secondary N) is 2. The second kappa shape index (κ2) is 7.24. The molecule has 1 amide bonds. The molecule has 2 unspecified atom stereocenters. The fourth-order valence-corrected chi connectivity index (χ4v) is 2.26. The van der Waals surface area contributed by atoms with Gasteiger partial charge in [0.2, 0.25) is 5.91 Å². The summed E-state index contributed by atoms with van der Waals surface area (Å²) < 4.78 is 18.9. The average Bonchev–Trinajstić information content (AvgIpc) is 2.48. The van der Waals surface area contributed by atoms with Crippen molar-refractivity contribution in [2.24, 2.45) is 5.92 Å². The van der Waals surface area contributed by atoms with Gasteiger partial charge in [-0.1, -0.05) is 12.1 Å². The van der Waals surface area contributed by atoms with Gasteiger partial charge >= 0.3 is 0 Å². The molecule has 0 bridgehead atoms. The van der Waals surface area contributed by atoms with Crippen LogP contribution in [-0.2, 0) is 4.79 Å². The minimum Gasteiger partial charge on any atom is -0.486 e. The second-order valence-electron chi connectivity index (χ2n) is 5.15. The minimum atomic E-state index is -0.387. The maximum Gasteiger partial charge on any atom is 0.224 e. The number of rotatable bonds is 5. The first-order valence-electron chi connectivity index (χ1n) is 7.06. The highest BCUT2D eigenvalue weighted by Gasteiger charge is 2.21. The van der Waals surface area contributed by atoms with Gasteiger partial charge in [-0.05, 0) is 38.4 Å². The van der Waals surface area contributed by atoms with Crippen LogP contribution < -0.4 is 15.4 Å². The zero-order valence-corrected chi connectivity index (χ0v) is 11.7. The Morgan fingerprint density at radius 1 is 1.55 bits per heavy atom. The smallest absolute Gasteiger partial charge is 0.224 e. The van der Waals surface area contributed by atoms with Gasteiger partial charge in [0, 0.05) is 6.54 Å². The van der Waals surface area contributed by atoms with Crippen molar-refractivity contribution < 1.29 is 13.9 Å². The number of hydrogen-bond donors (Lipinski definition) is 2. The van der Waals surface area contributed by atoms with Crippen molar-refractivity contribution >= 4 is 5.91 Å². The van der Waals surface area contributed by atoms with E-state index in [-0.39, 0.29) is 29.5 Å². The molecule has 2 atom stereocenters. The predicted molar refractivity (Wildman–Crippen MR) is 75.1 cm³/mol. The van der Waals surface area contributed by atoms with E-state index in [0.717, 1.165) is 25.9 Å². The van der Waals surface area contributed by atoms with Gasteiger partial charge in [0.05, 0.1) is 12.5 Å². The SMILES string of the molecule is CC(CNC(=O)C1CCCNC1)Oc1ccccc1F. The zero-order chi connectivity index (χ0) is 14.4. The zero-order valence-electron chi connectivity index (χ0n) is 11.7. The molecule has 0 aromatic heterocycles. The number of ether oxygens (including phenoxy) is 1. The largest absolute Gasteiger partial charge is 0.486 e. The first-order chi connectivity index (χ1) is 9.66. The van der Waals surface area contributed by atoms with Crippen LogP contribution in [-0.4, -0.2) is 31.6 Å². The number of amides is 1. The number of piperidine rings is 1. The van der Waals surface area contributed by atoms with Gasteiger partial charge in [0.25, 0.3) is 0 Å². The molecule has 0 aliphatic carbocycles. The first-order valence-corrected chi connectivity index (χ1v) is 7.06. The summed E-state index contributed by atoms with van der Waals surface area (Å²) in [6, 6.07) is 6.27. The Labute approximate surface area is 118 Å². The summed E-state index contributed by atoms with van der Waals surface area (Å²) >= 11 is 0. The number of hydrogen-bond acceptors (Lipinski definition) is 3. The maximum atomic E-state index is 13.4. The fourth-order valence-electron chi connectivity index (χ4n) is 2.26. The summed E-state index contributed by atoms with van der Waals surface area (Å²) in [6.07, 6.45) is 1.67. The van der Waals surface area contributed by atoms with Crippen LogP contribution in [0, 0.1) is 11.7 Å². The monoisotopic (exact) mass is 280 g/mol. The third-order valence-corrected chi connectivity index (χ3v) is 3.40. The maximum absolute atomic E-state index is 13.4. The lowest BCUT2D eigenvalue weighted by molar-refractivity contribution is -0.125. The highest BCUT2D eigenvalue weighted by molar-refractivity contribution is 5.78. The van der Waals surface area contributed by atoms with Crippen LogP contribution in [0.2, 0.25) is 0 Å². The summed E-state index contributed by atoms with van der Waals surface area (Å²) in [5, 5.41) is 6.07. The van der Waals surface area contributed by atoms with E-state index in [9.17, 15) is 9.18 Å². The minimum absolute atomic E-state index is 0.0319. The third kappa shape index (κ3) is 4.20. The Bertz CT molecular complexity index is 447. The number of carbonyl (C=O) groups excluding carboxylic acids is 1. The van der Waals surface area contributed by atoms with Crippen LogP contribution in [0.25, 0.3) is 0 Å². The van der Waals surface area contributed by atoms with Gasteiger partial charge in [-0.2, -0.15) is 0 Å². The molecule has 20 heavy (non-hydrogen) atoms. The molecule has 1 aromatic carbocycles. The number of benzene rings is 1. The van der Waals surface area contributed by atoms with Crippen LogP contribution in [0.4, 0.5) is 4.39 Å². The van der Waals surface area contributed by atoms with Gasteiger partial charge in [0.15, 0.2) is 11.6 Å². The summed E-state index contributed by atoms with van der Waals surface area (Å²) in [4.78, 5) is 11.9. The molecular weight excluding hydrogens is 259 g/mol. The van der Waals surface area contributed by atoms with Gasteiger partial charge in [-0.25, -0.2) is 4.39 Å². The first kappa shape index (κ1) is 14.8. The Morgan fingerprint density at radius 2 is 2.35 bits per heavy atom. The second-order valence-corrected chi connectivity index (χ2v) is 5.15. The molecule has 5 heteroatoms. The lowest BCUT2D eigenvalue weighted by Crippen LogP contribution is -2.43. The van der Waals surface area contributed by atoms with Gasteiger partial charge in [-0.3, -0.25) is 4.79 Å². The van der Waals surface area contributed by atoms with E-state index in [1.54, 1.807) is 18.2 Å². The molecule has 1 saturated heterocycles. The van der Waals surface area contributed by atoms with Crippen LogP contribution in [0.5, 0.6) is 5.75 Å². The number of halogens is 1. The van der Waals surface area contributed by atoms with Crippen LogP contribution in [0.1, 0.15) is 19.8 Å². The highest BCUT2D eigenvalue weighted by atomic mass is 19.1. The van der Waals surface area contributed by atoms with Crippen molar-refractivity contribution in [3.63, 3.8) is 0 Å². The van der Waals surface area contributed by atoms with Crippen molar-refractivity contribution in [3.8, 4) is 5.75 Å². The Kier molecular flexibility index (Phi) is 5.35. The molecule has 1 aliphatic rings. The molecule has 2 rings (SSSR count).